The maximum Gasteiger partial charge on any atom is 0.130 e. The van der Waals surface area contributed by atoms with Gasteiger partial charge in [-0.3, -0.25) is 9.88 Å². The molecule has 0 aromatic carbocycles. The lowest BCUT2D eigenvalue weighted by Gasteiger charge is -2.33. The van der Waals surface area contributed by atoms with Gasteiger partial charge in [0, 0.05) is 43.8 Å². The maximum absolute atomic E-state index is 4.47. The number of rotatable bonds is 5. The molecule has 0 amide bonds. The van der Waals surface area contributed by atoms with Crippen LogP contribution < -0.4 is 5.32 Å². The molecule has 3 rings (SSSR count). The van der Waals surface area contributed by atoms with Gasteiger partial charge in [-0.15, -0.1) is 0 Å². The van der Waals surface area contributed by atoms with E-state index in [1.54, 1.807) is 0 Å². The molecule has 0 spiro atoms. The predicted molar refractivity (Wildman–Crippen MR) is 89.7 cm³/mol. The van der Waals surface area contributed by atoms with Crippen LogP contribution in [-0.2, 0) is 13.0 Å². The number of nitrogens with zero attached hydrogens (tertiary/aromatic N) is 3. The van der Waals surface area contributed by atoms with Crippen molar-refractivity contribution in [1.29, 1.82) is 0 Å². The minimum atomic E-state index is 0.707. The van der Waals surface area contributed by atoms with Gasteiger partial charge in [0.2, 0.25) is 0 Å². The molecule has 0 bridgehead atoms. The number of aromatic nitrogens is 2. The minimum Gasteiger partial charge on any atom is -0.373 e. The normalized spacial score (nSPS) is 19.0. The summed E-state index contributed by atoms with van der Waals surface area (Å²) in [6.45, 7) is 3.30. The highest BCUT2D eigenvalue weighted by Crippen LogP contribution is 2.23. The number of likely N-dealkylation sites (tertiary alicyclic amines) is 1. The van der Waals surface area contributed by atoms with Gasteiger partial charge >= 0.3 is 0 Å². The van der Waals surface area contributed by atoms with Crippen molar-refractivity contribution in [3.63, 3.8) is 0 Å². The second-order valence-electron chi connectivity index (χ2n) is 6.03. The van der Waals surface area contributed by atoms with Gasteiger partial charge in [0.1, 0.15) is 5.82 Å². The average Bonchev–Trinajstić information content (AvgIpc) is 2.57. The third-order valence-corrected chi connectivity index (χ3v) is 4.35. The Kier molecular flexibility index (Phi) is 5.01. The second kappa shape index (κ2) is 7.36. The Balaban J connectivity index is 1.61. The molecule has 1 aliphatic heterocycles. The van der Waals surface area contributed by atoms with E-state index in [0.29, 0.717) is 5.92 Å². The molecule has 0 radical (unpaired) electrons. The molecule has 0 aliphatic carbocycles. The Hall–Kier alpha value is -1.94. The first-order chi connectivity index (χ1) is 10.8. The number of nitrogens with one attached hydrogen (secondary N) is 1. The van der Waals surface area contributed by atoms with Crippen LogP contribution in [0.1, 0.15) is 24.1 Å². The van der Waals surface area contributed by atoms with E-state index >= 15 is 0 Å². The lowest BCUT2D eigenvalue weighted by molar-refractivity contribution is 0.166. The largest absolute Gasteiger partial charge is 0.373 e. The summed E-state index contributed by atoms with van der Waals surface area (Å²) in [5.74, 6) is 1.70. The predicted octanol–water partition coefficient (Wildman–Crippen LogP) is 2.97. The van der Waals surface area contributed by atoms with E-state index < -0.39 is 0 Å². The van der Waals surface area contributed by atoms with Gasteiger partial charge in [0.15, 0.2) is 0 Å². The third kappa shape index (κ3) is 3.83. The average molecular weight is 296 g/mol. The van der Waals surface area contributed by atoms with E-state index in [-0.39, 0.29) is 0 Å². The second-order valence-corrected chi connectivity index (χ2v) is 6.03. The first-order valence-electron chi connectivity index (χ1n) is 8.09. The molecule has 22 heavy (non-hydrogen) atoms. The van der Waals surface area contributed by atoms with Gasteiger partial charge in [0.25, 0.3) is 0 Å². The molecule has 1 saturated heterocycles. The monoisotopic (exact) mass is 296 g/mol. The van der Waals surface area contributed by atoms with Gasteiger partial charge in [0.05, 0.1) is 0 Å². The van der Waals surface area contributed by atoms with Crippen molar-refractivity contribution in [3.05, 3.63) is 54.0 Å². The summed E-state index contributed by atoms with van der Waals surface area (Å²) in [6, 6.07) is 10.4. The highest BCUT2D eigenvalue weighted by Gasteiger charge is 2.21. The highest BCUT2D eigenvalue weighted by atomic mass is 15.1. The molecule has 1 atom stereocenters. The van der Waals surface area contributed by atoms with Gasteiger partial charge in [-0.2, -0.15) is 0 Å². The zero-order valence-electron chi connectivity index (χ0n) is 13.2. The van der Waals surface area contributed by atoms with Crippen molar-refractivity contribution in [3.8, 4) is 0 Å². The molecule has 1 aliphatic rings. The van der Waals surface area contributed by atoms with E-state index in [1.165, 1.54) is 30.6 Å². The molecule has 0 unspecified atom stereocenters. The van der Waals surface area contributed by atoms with Crippen LogP contribution in [0.25, 0.3) is 0 Å². The fourth-order valence-electron chi connectivity index (χ4n) is 3.31. The fourth-order valence-corrected chi connectivity index (χ4v) is 3.31. The van der Waals surface area contributed by atoms with Crippen LogP contribution in [0.15, 0.2) is 42.7 Å². The lowest BCUT2D eigenvalue weighted by atomic mass is 9.93. The van der Waals surface area contributed by atoms with E-state index in [4.69, 9.17) is 0 Å². The molecular formula is C18H24N4. The molecule has 2 aromatic rings. The maximum atomic E-state index is 4.47. The van der Waals surface area contributed by atoms with Gasteiger partial charge in [-0.05, 0) is 49.9 Å². The van der Waals surface area contributed by atoms with E-state index in [9.17, 15) is 0 Å². The quantitative estimate of drug-likeness (QED) is 0.921. The molecule has 0 saturated carbocycles. The molecule has 4 nitrogen and oxygen atoms in total. The topological polar surface area (TPSA) is 41.1 Å². The first-order valence-corrected chi connectivity index (χ1v) is 8.09. The molecular weight excluding hydrogens is 272 g/mol. The molecule has 116 valence electrons. The summed E-state index contributed by atoms with van der Waals surface area (Å²) < 4.78 is 0. The van der Waals surface area contributed by atoms with Crippen LogP contribution in [0.3, 0.4) is 0 Å². The number of hydrogen-bond donors (Lipinski definition) is 1. The van der Waals surface area contributed by atoms with Crippen molar-refractivity contribution >= 4 is 5.82 Å². The Morgan fingerprint density at radius 3 is 2.91 bits per heavy atom. The highest BCUT2D eigenvalue weighted by molar-refractivity contribution is 5.42. The van der Waals surface area contributed by atoms with Crippen LogP contribution in [0, 0.1) is 5.92 Å². The number of anilines is 1. The van der Waals surface area contributed by atoms with Crippen LogP contribution in [0.2, 0.25) is 0 Å². The van der Waals surface area contributed by atoms with Crippen LogP contribution in [0.5, 0.6) is 0 Å². The van der Waals surface area contributed by atoms with Crippen LogP contribution in [-0.4, -0.2) is 35.0 Å². The fraction of sp³-hybridized carbons (Fsp3) is 0.444. The van der Waals surface area contributed by atoms with Crippen LogP contribution >= 0.6 is 0 Å². The Labute approximate surface area is 132 Å². The smallest absolute Gasteiger partial charge is 0.130 e. The zero-order chi connectivity index (χ0) is 15.2. The summed E-state index contributed by atoms with van der Waals surface area (Å²) >= 11 is 0. The number of hydrogen-bond acceptors (Lipinski definition) is 4. The lowest BCUT2D eigenvalue weighted by Crippen LogP contribution is -2.36. The SMILES string of the molecule is CNc1ncccc1CN1CCC[C@H](Cc2ccccn2)C1. The van der Waals surface area contributed by atoms with E-state index in [2.05, 4.69) is 38.4 Å². The molecule has 2 aromatic heterocycles. The van der Waals surface area contributed by atoms with Crippen molar-refractivity contribution in [2.75, 3.05) is 25.5 Å². The minimum absolute atomic E-state index is 0.707. The third-order valence-electron chi connectivity index (χ3n) is 4.35. The molecule has 3 heterocycles. The number of pyridine rings is 2. The van der Waals surface area contributed by atoms with Crippen LogP contribution in [0.4, 0.5) is 5.82 Å². The Bertz CT molecular complexity index is 585. The molecule has 1 N–H and O–H groups in total. The molecule has 4 heteroatoms. The first kappa shape index (κ1) is 15.0. The van der Waals surface area contributed by atoms with Crippen molar-refractivity contribution in [2.24, 2.45) is 5.92 Å². The summed E-state index contributed by atoms with van der Waals surface area (Å²) in [7, 11) is 1.94. The summed E-state index contributed by atoms with van der Waals surface area (Å²) in [4.78, 5) is 11.4. The summed E-state index contributed by atoms with van der Waals surface area (Å²) in [6.07, 6.45) is 7.40. The Morgan fingerprint density at radius 2 is 2.09 bits per heavy atom. The standard InChI is InChI=1S/C18H24N4/c1-19-18-16(7-4-10-21-18)14-22-11-5-6-15(13-22)12-17-8-2-3-9-20-17/h2-4,7-10,15H,5-6,11-14H2,1H3,(H,19,21)/t15-/m1/s1. The Morgan fingerprint density at radius 1 is 1.18 bits per heavy atom. The van der Waals surface area contributed by atoms with Gasteiger partial charge in [-0.1, -0.05) is 12.1 Å². The van der Waals surface area contributed by atoms with Gasteiger partial charge < -0.3 is 5.32 Å². The van der Waals surface area contributed by atoms with Crippen molar-refractivity contribution in [1.82, 2.24) is 14.9 Å². The van der Waals surface area contributed by atoms with E-state index in [0.717, 1.165) is 25.3 Å². The van der Waals surface area contributed by atoms with Crippen molar-refractivity contribution in [2.45, 2.75) is 25.8 Å². The molecule has 1 fully saturated rings. The van der Waals surface area contributed by atoms with Gasteiger partial charge in [-0.25, -0.2) is 4.98 Å². The van der Waals surface area contributed by atoms with Crippen molar-refractivity contribution < 1.29 is 0 Å². The number of piperidine rings is 1. The van der Waals surface area contributed by atoms with E-state index in [1.807, 2.05) is 31.6 Å². The summed E-state index contributed by atoms with van der Waals surface area (Å²) in [5, 5.41) is 3.19. The summed E-state index contributed by atoms with van der Waals surface area (Å²) in [5.41, 5.74) is 2.50. The zero-order valence-corrected chi connectivity index (χ0v) is 13.2.